The van der Waals surface area contributed by atoms with E-state index in [2.05, 4.69) is 17.0 Å². The SMILES string of the molecule is CN(Cc1ccccc1)C(=O)[C@@H]1C(O)CCN1Cc1ccccc1. The number of aliphatic hydroxyl groups excluding tert-OH is 1. The fourth-order valence-corrected chi connectivity index (χ4v) is 3.32. The molecule has 1 fully saturated rings. The van der Waals surface area contributed by atoms with E-state index in [-0.39, 0.29) is 5.91 Å². The predicted octanol–water partition coefficient (Wildman–Crippen LogP) is 2.28. The van der Waals surface area contributed by atoms with Crippen LogP contribution in [0, 0.1) is 0 Å². The van der Waals surface area contributed by atoms with Crippen molar-refractivity contribution in [2.24, 2.45) is 0 Å². The zero-order valence-corrected chi connectivity index (χ0v) is 14.0. The highest BCUT2D eigenvalue weighted by molar-refractivity contribution is 5.82. The Morgan fingerprint density at radius 3 is 2.29 bits per heavy atom. The van der Waals surface area contributed by atoms with Crippen LogP contribution in [0.25, 0.3) is 0 Å². The molecule has 0 aromatic heterocycles. The first-order valence-electron chi connectivity index (χ1n) is 8.40. The van der Waals surface area contributed by atoms with Crippen LogP contribution in [0.15, 0.2) is 60.7 Å². The molecule has 126 valence electrons. The normalized spacial score (nSPS) is 20.9. The zero-order valence-electron chi connectivity index (χ0n) is 14.0. The van der Waals surface area contributed by atoms with Crippen LogP contribution in [0.3, 0.4) is 0 Å². The van der Waals surface area contributed by atoms with Crippen molar-refractivity contribution >= 4 is 5.91 Å². The summed E-state index contributed by atoms with van der Waals surface area (Å²) in [5.41, 5.74) is 2.26. The molecule has 0 spiro atoms. The van der Waals surface area contributed by atoms with Crippen LogP contribution in [0.4, 0.5) is 0 Å². The van der Waals surface area contributed by atoms with Crippen molar-refractivity contribution in [1.29, 1.82) is 0 Å². The van der Waals surface area contributed by atoms with E-state index in [1.54, 1.807) is 11.9 Å². The van der Waals surface area contributed by atoms with Gasteiger partial charge in [0.1, 0.15) is 6.04 Å². The smallest absolute Gasteiger partial charge is 0.242 e. The molecule has 1 heterocycles. The van der Waals surface area contributed by atoms with Crippen LogP contribution in [0.1, 0.15) is 17.5 Å². The number of rotatable bonds is 5. The fourth-order valence-electron chi connectivity index (χ4n) is 3.32. The number of hydrogen-bond donors (Lipinski definition) is 1. The third-order valence-corrected chi connectivity index (χ3v) is 4.59. The molecule has 0 saturated carbocycles. The van der Waals surface area contributed by atoms with E-state index in [0.717, 1.165) is 17.7 Å². The van der Waals surface area contributed by atoms with Crippen molar-refractivity contribution in [2.45, 2.75) is 31.7 Å². The monoisotopic (exact) mass is 324 g/mol. The summed E-state index contributed by atoms with van der Waals surface area (Å²) in [5, 5.41) is 10.3. The van der Waals surface area contributed by atoms with Crippen LogP contribution in [-0.4, -0.2) is 46.6 Å². The Morgan fingerprint density at radius 2 is 1.67 bits per heavy atom. The van der Waals surface area contributed by atoms with Gasteiger partial charge in [0.25, 0.3) is 0 Å². The molecule has 0 radical (unpaired) electrons. The largest absolute Gasteiger partial charge is 0.391 e. The van der Waals surface area contributed by atoms with Crippen molar-refractivity contribution in [3.8, 4) is 0 Å². The highest BCUT2D eigenvalue weighted by Gasteiger charge is 2.39. The Morgan fingerprint density at radius 1 is 1.08 bits per heavy atom. The van der Waals surface area contributed by atoms with Gasteiger partial charge in [-0.1, -0.05) is 60.7 Å². The second kappa shape index (κ2) is 7.60. The number of likely N-dealkylation sites (N-methyl/N-ethyl adjacent to an activating group) is 1. The Kier molecular flexibility index (Phi) is 5.28. The third-order valence-electron chi connectivity index (χ3n) is 4.59. The number of hydrogen-bond acceptors (Lipinski definition) is 3. The minimum Gasteiger partial charge on any atom is -0.391 e. The van der Waals surface area contributed by atoms with Crippen LogP contribution in [-0.2, 0) is 17.9 Å². The molecule has 3 rings (SSSR count). The summed E-state index contributed by atoms with van der Waals surface area (Å²) in [7, 11) is 1.81. The molecule has 4 heteroatoms. The van der Waals surface area contributed by atoms with Crippen LogP contribution in [0.5, 0.6) is 0 Å². The molecule has 2 aromatic carbocycles. The third kappa shape index (κ3) is 3.83. The Balaban J connectivity index is 1.69. The van der Waals surface area contributed by atoms with Gasteiger partial charge in [-0.2, -0.15) is 0 Å². The quantitative estimate of drug-likeness (QED) is 0.918. The maximum absolute atomic E-state index is 12.9. The van der Waals surface area contributed by atoms with Gasteiger partial charge in [0.05, 0.1) is 6.10 Å². The highest BCUT2D eigenvalue weighted by Crippen LogP contribution is 2.23. The molecule has 1 unspecified atom stereocenters. The summed E-state index contributed by atoms with van der Waals surface area (Å²) < 4.78 is 0. The molecule has 1 N–H and O–H groups in total. The molecular weight excluding hydrogens is 300 g/mol. The van der Waals surface area contributed by atoms with E-state index in [1.807, 2.05) is 48.5 Å². The van der Waals surface area contributed by atoms with E-state index < -0.39 is 12.1 Å². The lowest BCUT2D eigenvalue weighted by Crippen LogP contribution is -2.48. The van der Waals surface area contributed by atoms with Crippen LogP contribution in [0.2, 0.25) is 0 Å². The minimum absolute atomic E-state index is 0.0141. The number of carbonyl (C=O) groups is 1. The lowest BCUT2D eigenvalue weighted by molar-refractivity contribution is -0.138. The molecule has 2 atom stereocenters. The van der Waals surface area contributed by atoms with Gasteiger partial charge in [-0.3, -0.25) is 9.69 Å². The Hall–Kier alpha value is -2.17. The van der Waals surface area contributed by atoms with Crippen LogP contribution >= 0.6 is 0 Å². The highest BCUT2D eigenvalue weighted by atomic mass is 16.3. The zero-order chi connectivity index (χ0) is 16.9. The summed E-state index contributed by atoms with van der Waals surface area (Å²) in [6.07, 6.45) is 0.0435. The summed E-state index contributed by atoms with van der Waals surface area (Å²) >= 11 is 0. The molecule has 24 heavy (non-hydrogen) atoms. The maximum atomic E-state index is 12.9. The summed E-state index contributed by atoms with van der Waals surface area (Å²) in [5.74, 6) is -0.0141. The fraction of sp³-hybridized carbons (Fsp3) is 0.350. The molecular formula is C20H24N2O2. The second-order valence-electron chi connectivity index (χ2n) is 6.44. The van der Waals surface area contributed by atoms with E-state index in [1.165, 1.54) is 0 Å². The van der Waals surface area contributed by atoms with Crippen molar-refractivity contribution in [3.63, 3.8) is 0 Å². The number of amides is 1. The van der Waals surface area contributed by atoms with Gasteiger partial charge in [-0.15, -0.1) is 0 Å². The molecule has 1 saturated heterocycles. The molecule has 1 aliphatic rings. The van der Waals surface area contributed by atoms with E-state index >= 15 is 0 Å². The average molecular weight is 324 g/mol. The summed E-state index contributed by atoms with van der Waals surface area (Å²) in [6, 6.07) is 19.6. The van der Waals surface area contributed by atoms with Gasteiger partial charge in [0.15, 0.2) is 0 Å². The van der Waals surface area contributed by atoms with E-state index in [9.17, 15) is 9.90 Å². The van der Waals surface area contributed by atoms with Gasteiger partial charge < -0.3 is 10.0 Å². The van der Waals surface area contributed by atoms with Gasteiger partial charge in [0, 0.05) is 26.7 Å². The molecule has 4 nitrogen and oxygen atoms in total. The van der Waals surface area contributed by atoms with Gasteiger partial charge in [0.2, 0.25) is 5.91 Å². The lowest BCUT2D eigenvalue weighted by Gasteiger charge is -2.29. The van der Waals surface area contributed by atoms with Crippen molar-refractivity contribution in [3.05, 3.63) is 71.8 Å². The average Bonchev–Trinajstić information content (AvgIpc) is 2.96. The first kappa shape index (κ1) is 16.7. The number of benzene rings is 2. The number of aliphatic hydroxyl groups is 1. The molecule has 1 aliphatic heterocycles. The first-order chi connectivity index (χ1) is 11.6. The molecule has 0 bridgehead atoms. The number of carbonyl (C=O) groups excluding carboxylic acids is 1. The van der Waals surface area contributed by atoms with E-state index in [4.69, 9.17) is 0 Å². The van der Waals surface area contributed by atoms with Crippen molar-refractivity contribution < 1.29 is 9.90 Å². The van der Waals surface area contributed by atoms with E-state index in [0.29, 0.717) is 19.5 Å². The summed E-state index contributed by atoms with van der Waals surface area (Å²) in [6.45, 7) is 1.99. The Labute approximate surface area is 143 Å². The van der Waals surface area contributed by atoms with Crippen molar-refractivity contribution in [1.82, 2.24) is 9.80 Å². The second-order valence-corrected chi connectivity index (χ2v) is 6.44. The van der Waals surface area contributed by atoms with Gasteiger partial charge in [-0.05, 0) is 17.5 Å². The first-order valence-corrected chi connectivity index (χ1v) is 8.40. The number of likely N-dealkylation sites (tertiary alicyclic amines) is 1. The topological polar surface area (TPSA) is 43.8 Å². The minimum atomic E-state index is -0.598. The maximum Gasteiger partial charge on any atom is 0.242 e. The van der Waals surface area contributed by atoms with Gasteiger partial charge >= 0.3 is 0 Å². The predicted molar refractivity (Wildman–Crippen MR) is 94.2 cm³/mol. The molecule has 2 aromatic rings. The van der Waals surface area contributed by atoms with Crippen LogP contribution < -0.4 is 0 Å². The van der Waals surface area contributed by atoms with Gasteiger partial charge in [-0.25, -0.2) is 0 Å². The molecule has 1 amide bonds. The number of nitrogens with zero attached hydrogens (tertiary/aromatic N) is 2. The molecule has 0 aliphatic carbocycles. The standard InChI is InChI=1S/C20H24N2O2/c1-21(14-16-8-4-2-5-9-16)20(24)19-18(23)12-13-22(19)15-17-10-6-3-7-11-17/h2-11,18-19,23H,12-15H2,1H3/t18?,19-/m0/s1. The Bertz CT molecular complexity index is 660. The summed E-state index contributed by atoms with van der Waals surface area (Å²) in [4.78, 5) is 16.7. The van der Waals surface area contributed by atoms with Crippen molar-refractivity contribution in [2.75, 3.05) is 13.6 Å². The lowest BCUT2D eigenvalue weighted by atomic mass is 10.1.